The molecule has 24 heavy (non-hydrogen) atoms. The van der Waals surface area contributed by atoms with Gasteiger partial charge in [-0.25, -0.2) is 0 Å². The van der Waals surface area contributed by atoms with Crippen molar-refractivity contribution in [3.63, 3.8) is 0 Å². The molecule has 8 heteroatoms. The van der Waals surface area contributed by atoms with Gasteiger partial charge in [-0.15, -0.1) is 0 Å². The Morgan fingerprint density at radius 3 is 2.83 bits per heavy atom. The van der Waals surface area contributed by atoms with Crippen molar-refractivity contribution in [1.29, 1.82) is 0 Å². The molecule has 130 valence electrons. The van der Waals surface area contributed by atoms with Crippen LogP contribution in [0.25, 0.3) is 0 Å². The van der Waals surface area contributed by atoms with E-state index >= 15 is 0 Å². The Morgan fingerprint density at radius 1 is 1.38 bits per heavy atom. The van der Waals surface area contributed by atoms with Gasteiger partial charge < -0.3 is 14.8 Å². The third-order valence-electron chi connectivity index (χ3n) is 4.42. The van der Waals surface area contributed by atoms with Crippen LogP contribution < -0.4 is 5.32 Å². The summed E-state index contributed by atoms with van der Waals surface area (Å²) in [5.41, 5.74) is -0.0941. The fourth-order valence-electron chi connectivity index (χ4n) is 3.17. The van der Waals surface area contributed by atoms with E-state index in [1.54, 1.807) is 0 Å². The second-order valence-corrected chi connectivity index (χ2v) is 6.56. The minimum Gasteiger partial charge on any atom is -0.349 e. The predicted octanol–water partition coefficient (Wildman–Crippen LogP) is 3.05. The zero-order chi connectivity index (χ0) is 17.2. The van der Waals surface area contributed by atoms with Crippen LogP contribution in [0.2, 0.25) is 5.02 Å². The molecular weight excluding hydrogens is 336 g/mol. The van der Waals surface area contributed by atoms with Crippen molar-refractivity contribution in [2.24, 2.45) is 0 Å². The first-order valence-corrected chi connectivity index (χ1v) is 8.41. The molecule has 3 rings (SSSR count). The molecule has 0 radical (unpaired) electrons. The molecule has 1 amide bonds. The first kappa shape index (κ1) is 17.1. The highest BCUT2D eigenvalue weighted by Crippen LogP contribution is 2.37. The maximum atomic E-state index is 12.3. The lowest BCUT2D eigenvalue weighted by atomic mass is 9.94. The molecule has 1 unspecified atom stereocenters. The summed E-state index contributed by atoms with van der Waals surface area (Å²) in [5, 5.41) is 13.7. The molecule has 1 aliphatic carbocycles. The van der Waals surface area contributed by atoms with Gasteiger partial charge in [-0.05, 0) is 18.9 Å². The Balaban J connectivity index is 1.58. The lowest BCUT2D eigenvalue weighted by Crippen LogP contribution is -2.37. The number of rotatable bonds is 4. The number of carbonyl (C=O) groups excluding carboxylic acids is 1. The molecule has 2 aliphatic rings. The quantitative estimate of drug-likeness (QED) is 0.662. The number of ether oxygens (including phenoxy) is 2. The molecule has 1 aliphatic heterocycles. The number of hydrogen-bond acceptors (Lipinski definition) is 5. The van der Waals surface area contributed by atoms with Gasteiger partial charge >= 0.3 is 0 Å². The largest absolute Gasteiger partial charge is 0.349 e. The van der Waals surface area contributed by atoms with E-state index in [0.717, 1.165) is 25.7 Å². The maximum absolute atomic E-state index is 12.3. The molecule has 0 aromatic heterocycles. The van der Waals surface area contributed by atoms with E-state index in [0.29, 0.717) is 6.61 Å². The average Bonchev–Trinajstić information content (AvgIpc) is 2.96. The van der Waals surface area contributed by atoms with Gasteiger partial charge in [0.1, 0.15) is 6.10 Å². The van der Waals surface area contributed by atoms with Crippen LogP contribution in [0, 0.1) is 10.1 Å². The number of nitro benzene ring substituents is 1. The number of hydrogen-bond donors (Lipinski definition) is 1. The average molecular weight is 355 g/mol. The van der Waals surface area contributed by atoms with E-state index in [9.17, 15) is 14.9 Å². The van der Waals surface area contributed by atoms with Crippen molar-refractivity contribution in [3.05, 3.63) is 38.9 Å². The summed E-state index contributed by atoms with van der Waals surface area (Å²) < 4.78 is 11.8. The molecule has 1 aromatic rings. The van der Waals surface area contributed by atoms with Crippen LogP contribution in [0.1, 0.15) is 42.5 Å². The van der Waals surface area contributed by atoms with E-state index in [1.165, 1.54) is 24.6 Å². The topological polar surface area (TPSA) is 90.7 Å². The zero-order valence-electron chi connectivity index (χ0n) is 13.1. The molecule has 1 aromatic carbocycles. The van der Waals surface area contributed by atoms with Crippen LogP contribution in [0.3, 0.4) is 0 Å². The Labute approximate surface area is 144 Å². The molecule has 7 nitrogen and oxygen atoms in total. The van der Waals surface area contributed by atoms with Crippen molar-refractivity contribution >= 4 is 23.2 Å². The van der Waals surface area contributed by atoms with Crippen molar-refractivity contribution in [3.8, 4) is 0 Å². The number of halogens is 1. The van der Waals surface area contributed by atoms with E-state index in [4.69, 9.17) is 21.1 Å². The van der Waals surface area contributed by atoms with Gasteiger partial charge in [0.25, 0.3) is 11.6 Å². The fourth-order valence-corrected chi connectivity index (χ4v) is 3.38. The van der Waals surface area contributed by atoms with Crippen LogP contribution >= 0.6 is 11.6 Å². The lowest BCUT2D eigenvalue weighted by molar-refractivity contribution is -0.384. The summed E-state index contributed by atoms with van der Waals surface area (Å²) in [7, 11) is 0. The van der Waals surface area contributed by atoms with Gasteiger partial charge in [-0.3, -0.25) is 14.9 Å². The summed E-state index contributed by atoms with van der Waals surface area (Å²) in [6.45, 7) is 0.711. The van der Waals surface area contributed by atoms with Gasteiger partial charge in [0, 0.05) is 31.5 Å². The van der Waals surface area contributed by atoms with Gasteiger partial charge in [-0.1, -0.05) is 18.0 Å². The van der Waals surface area contributed by atoms with Crippen LogP contribution in [0.15, 0.2) is 18.2 Å². The van der Waals surface area contributed by atoms with Crippen molar-refractivity contribution < 1.29 is 19.2 Å². The predicted molar refractivity (Wildman–Crippen MR) is 87.1 cm³/mol. The second-order valence-electron chi connectivity index (χ2n) is 6.15. The number of nitrogens with zero attached hydrogens (tertiary/aromatic N) is 1. The second kappa shape index (κ2) is 7.04. The zero-order valence-corrected chi connectivity index (χ0v) is 13.9. The maximum Gasteiger partial charge on any atom is 0.270 e. The first-order chi connectivity index (χ1) is 11.5. The van der Waals surface area contributed by atoms with E-state index in [1.807, 2.05) is 0 Å². The molecule has 1 atom stereocenters. The Hall–Kier alpha value is -1.70. The van der Waals surface area contributed by atoms with Crippen LogP contribution in [-0.4, -0.2) is 35.9 Å². The molecule has 0 bridgehead atoms. The SMILES string of the molecule is O=C(NCC1COC2(CCCCC2)O1)c1cc([N+](=O)[O-])ccc1Cl. The summed E-state index contributed by atoms with van der Waals surface area (Å²) in [6, 6.07) is 3.78. The van der Waals surface area contributed by atoms with Crippen molar-refractivity contribution in [1.82, 2.24) is 5.32 Å². The first-order valence-electron chi connectivity index (χ1n) is 8.03. The number of non-ortho nitro benzene ring substituents is 1. The molecule has 1 heterocycles. The van der Waals surface area contributed by atoms with E-state index in [-0.39, 0.29) is 28.9 Å². The molecule has 2 fully saturated rings. The standard InChI is InChI=1S/C16H19ClN2O5/c17-14-5-4-11(19(21)22)8-13(14)15(20)18-9-12-10-23-16(24-12)6-2-1-3-7-16/h4-5,8,12H,1-3,6-7,9-10H2,(H,18,20). The molecular formula is C16H19ClN2O5. The summed E-state index contributed by atoms with van der Waals surface area (Å²) in [6.07, 6.45) is 4.92. The number of nitrogens with one attached hydrogen (secondary N) is 1. The summed E-state index contributed by atoms with van der Waals surface area (Å²) in [4.78, 5) is 22.5. The number of carbonyl (C=O) groups is 1. The highest BCUT2D eigenvalue weighted by molar-refractivity contribution is 6.33. The van der Waals surface area contributed by atoms with E-state index in [2.05, 4.69) is 5.32 Å². The molecule has 1 saturated heterocycles. The minimum atomic E-state index is -0.562. The smallest absolute Gasteiger partial charge is 0.270 e. The normalized spacial score (nSPS) is 22.5. The molecule has 1 saturated carbocycles. The number of amides is 1. The fraction of sp³-hybridized carbons (Fsp3) is 0.562. The lowest BCUT2D eigenvalue weighted by Gasteiger charge is -2.31. The van der Waals surface area contributed by atoms with Crippen LogP contribution in [0.5, 0.6) is 0 Å². The van der Waals surface area contributed by atoms with Gasteiger partial charge in [0.2, 0.25) is 0 Å². The Morgan fingerprint density at radius 2 is 2.12 bits per heavy atom. The van der Waals surface area contributed by atoms with Crippen molar-refractivity contribution in [2.45, 2.75) is 44.0 Å². The highest BCUT2D eigenvalue weighted by Gasteiger charge is 2.42. The van der Waals surface area contributed by atoms with Gasteiger partial charge in [0.05, 0.1) is 22.1 Å². The van der Waals surface area contributed by atoms with Crippen LogP contribution in [0.4, 0.5) is 5.69 Å². The number of benzene rings is 1. The van der Waals surface area contributed by atoms with Crippen LogP contribution in [-0.2, 0) is 9.47 Å². The van der Waals surface area contributed by atoms with Crippen molar-refractivity contribution in [2.75, 3.05) is 13.2 Å². The number of nitro groups is 1. The molecule has 1 N–H and O–H groups in total. The minimum absolute atomic E-state index is 0.0807. The summed E-state index contributed by atoms with van der Waals surface area (Å²) >= 11 is 5.97. The molecule has 1 spiro atoms. The Kier molecular flexibility index (Phi) is 5.03. The third-order valence-corrected chi connectivity index (χ3v) is 4.75. The van der Waals surface area contributed by atoms with E-state index < -0.39 is 16.6 Å². The summed E-state index contributed by atoms with van der Waals surface area (Å²) in [5.74, 6) is -0.950. The Bertz CT molecular complexity index is 645. The highest BCUT2D eigenvalue weighted by atomic mass is 35.5. The van der Waals surface area contributed by atoms with Gasteiger partial charge in [-0.2, -0.15) is 0 Å². The third kappa shape index (κ3) is 3.68. The van der Waals surface area contributed by atoms with Gasteiger partial charge in [0.15, 0.2) is 5.79 Å². The monoisotopic (exact) mass is 354 g/mol.